The number of hydrogen-bond donors (Lipinski definition) is 0. The first-order valence-electron chi connectivity index (χ1n) is 3.08. The molecule has 0 saturated carbocycles. The summed E-state index contributed by atoms with van der Waals surface area (Å²) in [4.78, 5) is 0. The molecule has 0 aliphatic carbocycles. The summed E-state index contributed by atoms with van der Waals surface area (Å²) < 4.78 is 5.94. The Balaban J connectivity index is 2.12. The number of rotatable bonds is 0. The van der Waals surface area contributed by atoms with E-state index in [1.165, 1.54) is 0 Å². The van der Waals surface area contributed by atoms with Crippen molar-refractivity contribution >= 4 is 21.8 Å². The van der Waals surface area contributed by atoms with Crippen molar-refractivity contribution in [2.45, 2.75) is 32.2 Å². The third-order valence-electron chi connectivity index (χ3n) is 1.58. The van der Waals surface area contributed by atoms with Gasteiger partial charge in [-0.3, -0.25) is 0 Å². The van der Waals surface area contributed by atoms with Gasteiger partial charge >= 0.3 is 53.9 Å². The zero-order valence-electron chi connectivity index (χ0n) is 4.98. The first-order valence-corrected chi connectivity index (χ1v) is 11.5. The third-order valence-corrected chi connectivity index (χ3v) is 9.97. The van der Waals surface area contributed by atoms with Crippen LogP contribution in [0.5, 0.6) is 0 Å². The summed E-state index contributed by atoms with van der Waals surface area (Å²) >= 11 is -0.622. The van der Waals surface area contributed by atoms with Crippen molar-refractivity contribution in [2.75, 3.05) is 0 Å². The van der Waals surface area contributed by atoms with Crippen molar-refractivity contribution in [3.05, 3.63) is 0 Å². The predicted molar refractivity (Wildman–Crippen MR) is 35.1 cm³/mol. The summed E-state index contributed by atoms with van der Waals surface area (Å²) in [5, 5.41) is 0. The first-order chi connectivity index (χ1) is 3.39. The van der Waals surface area contributed by atoms with Gasteiger partial charge in [-0.15, -0.1) is 0 Å². The Bertz CT molecular complexity index is 46.1. The average molecular weight is 294 g/mol. The topological polar surface area (TPSA) is 0 Å². The van der Waals surface area contributed by atoms with Crippen LogP contribution in [0.15, 0.2) is 0 Å². The van der Waals surface area contributed by atoms with E-state index in [0.29, 0.717) is 0 Å². The molecule has 0 aromatic carbocycles. The van der Waals surface area contributed by atoms with Crippen LogP contribution in [-0.2, 0) is 0 Å². The Morgan fingerprint density at radius 2 is 1.57 bits per heavy atom. The van der Waals surface area contributed by atoms with Crippen LogP contribution in [0.1, 0.15) is 19.3 Å². The molecule has 0 bridgehead atoms. The van der Waals surface area contributed by atoms with Gasteiger partial charge in [-0.1, -0.05) is 0 Å². The van der Waals surface area contributed by atoms with Crippen LogP contribution in [0.25, 0.3) is 0 Å². The molecule has 0 atom stereocenters. The SMILES string of the molecule is [CH3][Bi]1[CH2]CCC[CH2]1. The van der Waals surface area contributed by atoms with E-state index in [-0.39, 0.29) is 0 Å². The molecule has 0 unspecified atom stereocenters. The molecule has 1 aliphatic rings. The van der Waals surface area contributed by atoms with Gasteiger partial charge in [0.1, 0.15) is 0 Å². The number of hydrogen-bond acceptors (Lipinski definition) is 0. The van der Waals surface area contributed by atoms with Crippen molar-refractivity contribution in [3.63, 3.8) is 0 Å². The van der Waals surface area contributed by atoms with E-state index >= 15 is 0 Å². The molecular formula is C6H13Bi. The minimum atomic E-state index is -0.622. The molecule has 0 radical (unpaired) electrons. The molecule has 0 aromatic rings. The van der Waals surface area contributed by atoms with E-state index in [1.807, 2.05) is 0 Å². The van der Waals surface area contributed by atoms with E-state index in [4.69, 9.17) is 0 Å². The van der Waals surface area contributed by atoms with Gasteiger partial charge in [0.2, 0.25) is 0 Å². The second-order valence-corrected chi connectivity index (χ2v) is 12.5. The van der Waals surface area contributed by atoms with Gasteiger partial charge in [0.05, 0.1) is 0 Å². The van der Waals surface area contributed by atoms with Crippen molar-refractivity contribution < 1.29 is 0 Å². The monoisotopic (exact) mass is 294 g/mol. The van der Waals surface area contributed by atoms with E-state index in [0.717, 1.165) is 0 Å². The summed E-state index contributed by atoms with van der Waals surface area (Å²) in [7, 11) is 0. The molecule has 0 amide bonds. The van der Waals surface area contributed by atoms with Crippen LogP contribution >= 0.6 is 0 Å². The average Bonchev–Trinajstić information content (AvgIpc) is 1.69. The normalized spacial score (nSPS) is 25.3. The second-order valence-electron chi connectivity index (χ2n) is 2.36. The van der Waals surface area contributed by atoms with Gasteiger partial charge in [-0.25, -0.2) is 0 Å². The minimum absolute atomic E-state index is 0.622. The molecule has 1 heteroatoms. The summed E-state index contributed by atoms with van der Waals surface area (Å²) in [6.45, 7) is 0. The molecule has 1 heterocycles. The van der Waals surface area contributed by atoms with Crippen molar-refractivity contribution in [1.82, 2.24) is 0 Å². The Labute approximate surface area is 54.0 Å². The summed E-state index contributed by atoms with van der Waals surface area (Å²) in [6, 6.07) is 0. The van der Waals surface area contributed by atoms with Crippen LogP contribution in [0.4, 0.5) is 0 Å². The Kier molecular flexibility index (Phi) is 2.59. The standard InChI is InChI=1S/C5H10.CH3.Bi/c1-3-5-4-2;;/h1-5H2;1H3;. The fraction of sp³-hybridized carbons (Fsp3) is 1.00. The molecule has 7 heavy (non-hydrogen) atoms. The van der Waals surface area contributed by atoms with Crippen LogP contribution in [0.3, 0.4) is 0 Å². The Morgan fingerprint density at radius 3 is 1.86 bits per heavy atom. The van der Waals surface area contributed by atoms with E-state index in [1.54, 1.807) is 27.5 Å². The maximum atomic E-state index is 2.56. The quantitative estimate of drug-likeness (QED) is 0.601. The van der Waals surface area contributed by atoms with Gasteiger partial charge in [0.25, 0.3) is 0 Å². The molecule has 42 valence electrons. The molecule has 0 aromatic heterocycles. The van der Waals surface area contributed by atoms with E-state index in [9.17, 15) is 0 Å². The maximum absolute atomic E-state index is 2.56. The summed E-state index contributed by atoms with van der Waals surface area (Å²) in [6.07, 6.45) is 4.70. The van der Waals surface area contributed by atoms with Crippen LogP contribution < -0.4 is 0 Å². The van der Waals surface area contributed by atoms with Crippen molar-refractivity contribution in [1.29, 1.82) is 0 Å². The predicted octanol–water partition coefficient (Wildman–Crippen LogP) is 2.29. The molecule has 0 N–H and O–H groups in total. The molecule has 1 fully saturated rings. The van der Waals surface area contributed by atoms with Crippen molar-refractivity contribution in [3.8, 4) is 0 Å². The van der Waals surface area contributed by atoms with E-state index < -0.39 is 21.8 Å². The van der Waals surface area contributed by atoms with Crippen molar-refractivity contribution in [2.24, 2.45) is 0 Å². The Morgan fingerprint density at radius 1 is 1.00 bits per heavy atom. The second kappa shape index (κ2) is 3.02. The van der Waals surface area contributed by atoms with Gasteiger partial charge in [0.15, 0.2) is 0 Å². The van der Waals surface area contributed by atoms with Gasteiger partial charge in [-0.05, 0) is 0 Å². The molecular weight excluding hydrogens is 281 g/mol. The van der Waals surface area contributed by atoms with Crippen LogP contribution in [0.2, 0.25) is 12.9 Å². The van der Waals surface area contributed by atoms with E-state index in [2.05, 4.69) is 4.63 Å². The molecule has 1 aliphatic heterocycles. The molecule has 0 spiro atoms. The van der Waals surface area contributed by atoms with Crippen LogP contribution in [-0.4, -0.2) is 21.8 Å². The fourth-order valence-electron chi connectivity index (χ4n) is 1.05. The molecule has 1 rings (SSSR count). The van der Waals surface area contributed by atoms with Gasteiger partial charge < -0.3 is 0 Å². The first kappa shape index (κ1) is 6.01. The Hall–Kier alpha value is 0.883. The summed E-state index contributed by atoms with van der Waals surface area (Å²) in [5.41, 5.74) is 0. The van der Waals surface area contributed by atoms with Gasteiger partial charge in [-0.2, -0.15) is 0 Å². The molecule has 0 nitrogen and oxygen atoms in total. The fourth-order valence-corrected chi connectivity index (χ4v) is 7.86. The zero-order valence-corrected chi connectivity index (χ0v) is 8.46. The third kappa shape index (κ3) is 2.08. The molecule has 1 saturated heterocycles. The van der Waals surface area contributed by atoms with Crippen LogP contribution in [0, 0.1) is 0 Å². The van der Waals surface area contributed by atoms with Gasteiger partial charge in [0, 0.05) is 0 Å². The zero-order chi connectivity index (χ0) is 5.11. The summed E-state index contributed by atoms with van der Waals surface area (Å²) in [5.74, 6) is 0.